The number of rotatable bonds is 6. The minimum atomic E-state index is -0.256. The maximum Gasteiger partial charge on any atom is 0.238 e. The quantitative estimate of drug-likeness (QED) is 0.873. The SMILES string of the molecule is CN(CC(=O)Nc1ccc(N2CCCC2)cc1)Cc1cccc(F)c1. The van der Waals surface area contributed by atoms with Crippen LogP contribution in [0.3, 0.4) is 0 Å². The molecule has 0 unspecified atom stereocenters. The Morgan fingerprint density at radius 2 is 1.88 bits per heavy atom. The number of nitrogens with zero attached hydrogens (tertiary/aromatic N) is 2. The zero-order valence-electron chi connectivity index (χ0n) is 14.5. The van der Waals surface area contributed by atoms with Crippen molar-refractivity contribution in [1.82, 2.24) is 4.90 Å². The Kier molecular flexibility index (Phi) is 5.66. The van der Waals surface area contributed by atoms with Crippen LogP contribution in [-0.2, 0) is 11.3 Å². The molecule has 0 aliphatic carbocycles. The Hall–Kier alpha value is -2.40. The van der Waals surface area contributed by atoms with E-state index in [1.807, 2.05) is 30.1 Å². The van der Waals surface area contributed by atoms with Crippen LogP contribution in [0.5, 0.6) is 0 Å². The van der Waals surface area contributed by atoms with Crippen LogP contribution in [0.2, 0.25) is 0 Å². The Morgan fingerprint density at radius 3 is 2.56 bits per heavy atom. The minimum Gasteiger partial charge on any atom is -0.372 e. The van der Waals surface area contributed by atoms with Gasteiger partial charge in [-0.15, -0.1) is 0 Å². The number of nitrogens with one attached hydrogen (secondary N) is 1. The van der Waals surface area contributed by atoms with Crippen molar-refractivity contribution in [2.75, 3.05) is 36.9 Å². The number of halogens is 1. The Bertz CT molecular complexity index is 711. The molecule has 5 heteroatoms. The number of carbonyl (C=O) groups is 1. The summed E-state index contributed by atoms with van der Waals surface area (Å²) < 4.78 is 13.2. The lowest BCUT2D eigenvalue weighted by molar-refractivity contribution is -0.117. The second kappa shape index (κ2) is 8.12. The van der Waals surface area contributed by atoms with E-state index in [2.05, 4.69) is 22.3 Å². The van der Waals surface area contributed by atoms with Crippen LogP contribution >= 0.6 is 0 Å². The lowest BCUT2D eigenvalue weighted by atomic mass is 10.2. The third kappa shape index (κ3) is 5.03. The first-order valence-electron chi connectivity index (χ1n) is 8.68. The molecule has 1 heterocycles. The van der Waals surface area contributed by atoms with Gasteiger partial charge in [-0.1, -0.05) is 12.1 Å². The van der Waals surface area contributed by atoms with Crippen molar-refractivity contribution >= 4 is 17.3 Å². The van der Waals surface area contributed by atoms with Gasteiger partial charge in [-0.2, -0.15) is 0 Å². The van der Waals surface area contributed by atoms with Gasteiger partial charge >= 0.3 is 0 Å². The molecule has 0 saturated carbocycles. The number of hydrogen-bond acceptors (Lipinski definition) is 3. The van der Waals surface area contributed by atoms with Crippen molar-refractivity contribution in [3.8, 4) is 0 Å². The second-order valence-corrected chi connectivity index (χ2v) is 6.59. The van der Waals surface area contributed by atoms with Gasteiger partial charge in [-0.25, -0.2) is 4.39 Å². The molecule has 0 atom stereocenters. The minimum absolute atomic E-state index is 0.0761. The highest BCUT2D eigenvalue weighted by molar-refractivity contribution is 5.92. The molecule has 1 aliphatic heterocycles. The first-order chi connectivity index (χ1) is 12.1. The van der Waals surface area contributed by atoms with Crippen LogP contribution in [0, 0.1) is 5.82 Å². The summed E-state index contributed by atoms with van der Waals surface area (Å²) in [5, 5.41) is 2.91. The molecule has 1 N–H and O–H groups in total. The number of likely N-dealkylation sites (N-methyl/N-ethyl adjacent to an activating group) is 1. The monoisotopic (exact) mass is 341 g/mol. The standard InChI is InChI=1S/C20H24FN3O/c1-23(14-16-5-4-6-17(21)13-16)15-20(25)22-18-7-9-19(10-8-18)24-11-2-3-12-24/h4-10,13H,2-3,11-12,14-15H2,1H3,(H,22,25). The van der Waals surface area contributed by atoms with Gasteiger partial charge in [0.2, 0.25) is 5.91 Å². The van der Waals surface area contributed by atoms with Crippen molar-refractivity contribution in [2.45, 2.75) is 19.4 Å². The van der Waals surface area contributed by atoms with Crippen LogP contribution in [0.15, 0.2) is 48.5 Å². The molecule has 1 saturated heterocycles. The summed E-state index contributed by atoms with van der Waals surface area (Å²) in [6, 6.07) is 14.4. The predicted octanol–water partition coefficient (Wildman–Crippen LogP) is 3.50. The van der Waals surface area contributed by atoms with Crippen LogP contribution in [-0.4, -0.2) is 37.5 Å². The zero-order chi connectivity index (χ0) is 17.6. The largest absolute Gasteiger partial charge is 0.372 e. The molecular weight excluding hydrogens is 317 g/mol. The molecule has 0 aromatic heterocycles. The molecule has 2 aromatic rings. The smallest absolute Gasteiger partial charge is 0.238 e. The Labute approximate surface area is 148 Å². The van der Waals surface area contributed by atoms with E-state index in [1.165, 1.54) is 30.7 Å². The molecule has 25 heavy (non-hydrogen) atoms. The van der Waals surface area contributed by atoms with Gasteiger partial charge in [0.05, 0.1) is 6.54 Å². The third-order valence-electron chi connectivity index (χ3n) is 4.38. The third-order valence-corrected chi connectivity index (χ3v) is 4.38. The highest BCUT2D eigenvalue weighted by Gasteiger charge is 2.12. The summed E-state index contributed by atoms with van der Waals surface area (Å²) in [7, 11) is 1.85. The van der Waals surface area contributed by atoms with Crippen LogP contribution in [0.25, 0.3) is 0 Å². The lowest BCUT2D eigenvalue weighted by Gasteiger charge is -2.18. The van der Waals surface area contributed by atoms with E-state index in [-0.39, 0.29) is 18.3 Å². The normalized spacial score (nSPS) is 14.1. The highest BCUT2D eigenvalue weighted by Crippen LogP contribution is 2.22. The maximum atomic E-state index is 13.2. The lowest BCUT2D eigenvalue weighted by Crippen LogP contribution is -2.29. The van der Waals surface area contributed by atoms with E-state index in [0.717, 1.165) is 24.3 Å². The molecule has 2 aromatic carbocycles. The first kappa shape index (κ1) is 17.4. The molecule has 0 radical (unpaired) electrons. The fourth-order valence-corrected chi connectivity index (χ4v) is 3.18. The van der Waals surface area contributed by atoms with E-state index >= 15 is 0 Å². The van der Waals surface area contributed by atoms with E-state index in [0.29, 0.717) is 6.54 Å². The summed E-state index contributed by atoms with van der Waals surface area (Å²) in [4.78, 5) is 16.4. The molecule has 3 rings (SSSR count). The molecule has 1 aliphatic rings. The van der Waals surface area contributed by atoms with Crippen molar-refractivity contribution < 1.29 is 9.18 Å². The summed E-state index contributed by atoms with van der Waals surface area (Å²) in [6.45, 7) is 3.00. The van der Waals surface area contributed by atoms with Crippen LogP contribution in [0.1, 0.15) is 18.4 Å². The van der Waals surface area contributed by atoms with Crippen molar-refractivity contribution in [3.05, 3.63) is 59.9 Å². The topological polar surface area (TPSA) is 35.6 Å². The van der Waals surface area contributed by atoms with Crippen molar-refractivity contribution in [2.24, 2.45) is 0 Å². The van der Waals surface area contributed by atoms with Crippen LogP contribution < -0.4 is 10.2 Å². The van der Waals surface area contributed by atoms with Gasteiger partial charge in [0.25, 0.3) is 0 Å². The second-order valence-electron chi connectivity index (χ2n) is 6.59. The molecule has 0 spiro atoms. The molecule has 132 valence electrons. The molecule has 4 nitrogen and oxygen atoms in total. The van der Waals surface area contributed by atoms with Gasteiger partial charge in [0, 0.05) is 31.0 Å². The number of hydrogen-bond donors (Lipinski definition) is 1. The van der Waals surface area contributed by atoms with Gasteiger partial charge in [0.15, 0.2) is 0 Å². The van der Waals surface area contributed by atoms with Crippen molar-refractivity contribution in [1.29, 1.82) is 0 Å². The predicted molar refractivity (Wildman–Crippen MR) is 99.3 cm³/mol. The molecular formula is C20H24FN3O. The first-order valence-corrected chi connectivity index (χ1v) is 8.68. The average molecular weight is 341 g/mol. The average Bonchev–Trinajstić information content (AvgIpc) is 3.09. The summed E-state index contributed by atoms with van der Waals surface area (Å²) in [5.74, 6) is -0.332. The maximum absolute atomic E-state index is 13.2. The fourth-order valence-electron chi connectivity index (χ4n) is 3.18. The molecule has 1 fully saturated rings. The number of anilines is 2. The van der Waals surface area contributed by atoms with Gasteiger partial charge in [-0.05, 0) is 61.9 Å². The Morgan fingerprint density at radius 1 is 1.16 bits per heavy atom. The van der Waals surface area contributed by atoms with E-state index in [9.17, 15) is 9.18 Å². The summed E-state index contributed by atoms with van der Waals surface area (Å²) in [5.41, 5.74) is 2.86. The molecule has 1 amide bonds. The zero-order valence-corrected chi connectivity index (χ0v) is 14.5. The Balaban J connectivity index is 1.49. The molecule has 0 bridgehead atoms. The van der Waals surface area contributed by atoms with E-state index < -0.39 is 0 Å². The van der Waals surface area contributed by atoms with Crippen molar-refractivity contribution in [3.63, 3.8) is 0 Å². The van der Waals surface area contributed by atoms with E-state index in [4.69, 9.17) is 0 Å². The summed E-state index contributed by atoms with van der Waals surface area (Å²) >= 11 is 0. The van der Waals surface area contributed by atoms with Crippen LogP contribution in [0.4, 0.5) is 15.8 Å². The summed E-state index contributed by atoms with van der Waals surface area (Å²) in [6.07, 6.45) is 2.49. The van der Waals surface area contributed by atoms with Gasteiger partial charge < -0.3 is 10.2 Å². The van der Waals surface area contributed by atoms with Gasteiger partial charge in [-0.3, -0.25) is 9.69 Å². The van der Waals surface area contributed by atoms with E-state index in [1.54, 1.807) is 6.07 Å². The fraction of sp³-hybridized carbons (Fsp3) is 0.350. The highest BCUT2D eigenvalue weighted by atomic mass is 19.1. The number of carbonyl (C=O) groups excluding carboxylic acids is 1. The van der Waals surface area contributed by atoms with Gasteiger partial charge in [0.1, 0.15) is 5.82 Å². The number of benzene rings is 2. The number of amides is 1.